The van der Waals surface area contributed by atoms with Crippen LogP contribution in [0.25, 0.3) is 0 Å². The van der Waals surface area contributed by atoms with Gasteiger partial charge in [-0.15, -0.1) is 0 Å². The smallest absolute Gasteiger partial charge is 0.251 e. The lowest BCUT2D eigenvalue weighted by atomic mass is 9.98. The lowest BCUT2D eigenvalue weighted by molar-refractivity contribution is -0.129. The van der Waals surface area contributed by atoms with Gasteiger partial charge in [0, 0.05) is 80.4 Å². The Bertz CT molecular complexity index is 1630. The van der Waals surface area contributed by atoms with Crippen LogP contribution in [0.1, 0.15) is 76.3 Å². The van der Waals surface area contributed by atoms with Crippen molar-refractivity contribution in [3.05, 3.63) is 95.1 Å². The molecule has 3 saturated heterocycles. The summed E-state index contributed by atoms with van der Waals surface area (Å²) in [4.78, 5) is 55.5. The van der Waals surface area contributed by atoms with E-state index in [2.05, 4.69) is 22.8 Å². The summed E-state index contributed by atoms with van der Waals surface area (Å²) < 4.78 is 11.7. The Morgan fingerprint density at radius 2 is 1.47 bits per heavy atom. The van der Waals surface area contributed by atoms with Gasteiger partial charge in [0.2, 0.25) is 11.8 Å². The molecule has 4 fully saturated rings. The first-order valence-electron chi connectivity index (χ1n) is 16.6. The monoisotopic (exact) mass is 636 g/mol. The van der Waals surface area contributed by atoms with Crippen LogP contribution in [-0.2, 0) is 20.9 Å². The molecule has 1 aliphatic carbocycles. The van der Waals surface area contributed by atoms with Crippen molar-refractivity contribution in [2.45, 2.75) is 69.1 Å². The van der Waals surface area contributed by atoms with E-state index >= 15 is 0 Å². The zero-order valence-corrected chi connectivity index (χ0v) is 26.4. The fraction of sp³-hybridized carbons (Fsp3) is 0.405. The largest absolute Gasteiger partial charge is 0.457 e. The minimum absolute atomic E-state index is 0.0673. The van der Waals surface area contributed by atoms with Gasteiger partial charge >= 0.3 is 0 Å². The molecule has 1 saturated carbocycles. The van der Waals surface area contributed by atoms with Crippen molar-refractivity contribution in [1.82, 2.24) is 20.4 Å². The maximum absolute atomic E-state index is 13.4. The van der Waals surface area contributed by atoms with Gasteiger partial charge in [0.05, 0.1) is 6.04 Å². The Labute approximate surface area is 274 Å². The molecule has 2 N–H and O–H groups in total. The van der Waals surface area contributed by atoms with Gasteiger partial charge in [-0.05, 0) is 67.6 Å². The highest BCUT2D eigenvalue weighted by atomic mass is 16.5. The van der Waals surface area contributed by atoms with Crippen molar-refractivity contribution in [1.29, 1.82) is 0 Å². The van der Waals surface area contributed by atoms with Gasteiger partial charge in [-0.2, -0.15) is 0 Å². The van der Waals surface area contributed by atoms with E-state index in [-0.39, 0.29) is 41.6 Å². The topological polar surface area (TPSA) is 117 Å². The number of hydrogen-bond acceptors (Lipinski definition) is 6. The minimum atomic E-state index is -0.279. The fourth-order valence-electron chi connectivity index (χ4n) is 6.75. The minimum Gasteiger partial charge on any atom is -0.457 e. The number of carbonyl (C=O) groups is 4. The van der Waals surface area contributed by atoms with E-state index in [0.717, 1.165) is 36.8 Å². The van der Waals surface area contributed by atoms with Crippen LogP contribution in [0.2, 0.25) is 0 Å². The highest BCUT2D eigenvalue weighted by Crippen LogP contribution is 2.34. The first-order valence-corrected chi connectivity index (χ1v) is 16.6. The summed E-state index contributed by atoms with van der Waals surface area (Å²) in [6.45, 7) is 2.74. The molecule has 3 aliphatic heterocycles. The van der Waals surface area contributed by atoms with Gasteiger partial charge in [-0.3, -0.25) is 19.2 Å². The summed E-state index contributed by atoms with van der Waals surface area (Å²) in [6, 6.07) is 22.4. The van der Waals surface area contributed by atoms with Gasteiger partial charge in [0.25, 0.3) is 11.8 Å². The van der Waals surface area contributed by atoms with Crippen molar-refractivity contribution in [3.63, 3.8) is 0 Å². The van der Waals surface area contributed by atoms with Crippen LogP contribution in [0.4, 0.5) is 0 Å². The lowest BCUT2D eigenvalue weighted by Crippen LogP contribution is -2.38. The molecule has 0 radical (unpaired) electrons. The van der Waals surface area contributed by atoms with Crippen LogP contribution in [0, 0.1) is 0 Å². The van der Waals surface area contributed by atoms with E-state index < -0.39 is 0 Å². The number of nitrogens with one attached hydrogen (secondary N) is 2. The first kappa shape index (κ1) is 30.9. The van der Waals surface area contributed by atoms with Crippen LogP contribution in [-0.4, -0.2) is 77.9 Å². The van der Waals surface area contributed by atoms with E-state index in [1.54, 1.807) is 36.4 Å². The Morgan fingerprint density at radius 3 is 2.21 bits per heavy atom. The second-order valence-corrected chi connectivity index (χ2v) is 13.0. The predicted octanol–water partition coefficient (Wildman–Crippen LogP) is 4.40. The lowest BCUT2D eigenvalue weighted by Gasteiger charge is -2.23. The highest BCUT2D eigenvalue weighted by Gasteiger charge is 2.40. The van der Waals surface area contributed by atoms with Crippen molar-refractivity contribution >= 4 is 23.6 Å². The predicted molar refractivity (Wildman–Crippen MR) is 174 cm³/mol. The van der Waals surface area contributed by atoms with Gasteiger partial charge in [-0.25, -0.2) is 0 Å². The zero-order valence-electron chi connectivity index (χ0n) is 26.4. The average molecular weight is 637 g/mol. The summed E-state index contributed by atoms with van der Waals surface area (Å²) in [5, 5.41) is 6.10. The molecule has 47 heavy (non-hydrogen) atoms. The van der Waals surface area contributed by atoms with E-state index in [4.69, 9.17) is 9.47 Å². The molecular weight excluding hydrogens is 596 g/mol. The SMILES string of the molecule is O=C(NC1CCOCC1)c1ccc(Oc2cc(C(=O)NC3CC(=O)N(C4CC4)C3)ccc2CN2C[C@H](c3ccccc3)CC2=O)cc1. The normalized spacial score (nSPS) is 21.6. The molecule has 10 heteroatoms. The standard InChI is InChI=1S/C37H40N4O6/c42-34-19-28(24-4-2-1-3-5-24)22-40(34)21-27-7-6-26(37(45)39-30-20-35(43)41(23-30)31-10-11-31)18-33(27)47-32-12-8-25(9-13-32)36(44)38-29-14-16-46-17-15-29/h1-9,12-13,18,28-31H,10-11,14-17,19-23H2,(H,38,44)(H,39,45)/t28-,30?/m1/s1. The van der Waals surface area contributed by atoms with Crippen LogP contribution >= 0.6 is 0 Å². The summed E-state index contributed by atoms with van der Waals surface area (Å²) in [5.74, 6) is 0.802. The summed E-state index contributed by atoms with van der Waals surface area (Å²) in [6.07, 6.45) is 4.39. The molecule has 0 spiro atoms. The third kappa shape index (κ3) is 7.33. The number of carbonyl (C=O) groups excluding carboxylic acids is 4. The number of nitrogens with zero attached hydrogens (tertiary/aromatic N) is 2. The van der Waals surface area contributed by atoms with Crippen molar-refractivity contribution < 1.29 is 28.7 Å². The molecule has 3 aromatic carbocycles. The fourth-order valence-corrected chi connectivity index (χ4v) is 6.75. The van der Waals surface area contributed by atoms with Crippen molar-refractivity contribution in [2.75, 3.05) is 26.3 Å². The van der Waals surface area contributed by atoms with Gasteiger partial charge in [-0.1, -0.05) is 36.4 Å². The number of ether oxygens (including phenoxy) is 2. The molecule has 10 nitrogen and oxygen atoms in total. The zero-order chi connectivity index (χ0) is 32.3. The molecule has 0 bridgehead atoms. The maximum atomic E-state index is 13.4. The highest BCUT2D eigenvalue weighted by molar-refractivity contribution is 5.96. The van der Waals surface area contributed by atoms with Gasteiger partial charge < -0.3 is 29.9 Å². The molecule has 4 amide bonds. The summed E-state index contributed by atoms with van der Waals surface area (Å²) in [5.41, 5.74) is 2.83. The number of hydrogen-bond donors (Lipinski definition) is 2. The van der Waals surface area contributed by atoms with Crippen LogP contribution in [0.5, 0.6) is 11.5 Å². The Hall–Kier alpha value is -4.70. The molecule has 3 heterocycles. The van der Waals surface area contributed by atoms with Crippen molar-refractivity contribution in [3.8, 4) is 11.5 Å². The Morgan fingerprint density at radius 1 is 0.766 bits per heavy atom. The van der Waals surface area contributed by atoms with Gasteiger partial charge in [0.15, 0.2) is 0 Å². The molecule has 1 unspecified atom stereocenters. The van der Waals surface area contributed by atoms with E-state index in [0.29, 0.717) is 74.4 Å². The summed E-state index contributed by atoms with van der Waals surface area (Å²) in [7, 11) is 0. The quantitative estimate of drug-likeness (QED) is 0.341. The van der Waals surface area contributed by atoms with Gasteiger partial charge in [0.1, 0.15) is 11.5 Å². The molecular formula is C37H40N4O6. The number of benzene rings is 3. The third-order valence-corrected chi connectivity index (χ3v) is 9.56. The molecule has 2 atom stereocenters. The first-order chi connectivity index (χ1) is 22.9. The number of rotatable bonds is 10. The Balaban J connectivity index is 1.08. The van der Waals surface area contributed by atoms with Crippen LogP contribution in [0.15, 0.2) is 72.8 Å². The molecule has 4 aliphatic rings. The number of likely N-dealkylation sites (tertiary alicyclic amines) is 2. The molecule has 0 aromatic heterocycles. The van der Waals surface area contributed by atoms with E-state index in [1.165, 1.54) is 0 Å². The maximum Gasteiger partial charge on any atom is 0.251 e. The second-order valence-electron chi connectivity index (χ2n) is 13.0. The van der Waals surface area contributed by atoms with Crippen LogP contribution in [0.3, 0.4) is 0 Å². The molecule has 7 rings (SSSR count). The van der Waals surface area contributed by atoms with E-state index in [9.17, 15) is 19.2 Å². The molecule has 3 aromatic rings. The van der Waals surface area contributed by atoms with Crippen LogP contribution < -0.4 is 15.4 Å². The number of amides is 4. The van der Waals surface area contributed by atoms with Crippen molar-refractivity contribution in [2.24, 2.45) is 0 Å². The summed E-state index contributed by atoms with van der Waals surface area (Å²) >= 11 is 0. The second kappa shape index (κ2) is 13.6. The Kier molecular flexibility index (Phi) is 8.93. The van der Waals surface area contributed by atoms with E-state index in [1.807, 2.05) is 34.1 Å². The average Bonchev–Trinajstić information content (AvgIpc) is 3.77. The molecule has 244 valence electrons. The third-order valence-electron chi connectivity index (χ3n) is 9.56.